The molecule has 6 unspecified atom stereocenters. The lowest BCUT2D eigenvalue weighted by atomic mass is 9.93. The zero-order chi connectivity index (χ0) is 13.3. The van der Waals surface area contributed by atoms with Crippen LogP contribution in [0.25, 0.3) is 0 Å². The zero-order valence-electron chi connectivity index (χ0n) is 10.8. The minimum atomic E-state index is -3.36. The number of fused-ring (bicyclic) bond motifs is 1. The van der Waals surface area contributed by atoms with E-state index in [1.165, 1.54) is 0 Å². The number of ether oxygens (including phenoxy) is 1. The van der Waals surface area contributed by atoms with Crippen LogP contribution >= 0.6 is 11.6 Å². The SMILES string of the molecule is CC(C)(C)C(Cl)OC1C2CC3C1OS(=O)(=O)C3C2. The van der Waals surface area contributed by atoms with Crippen molar-refractivity contribution in [2.24, 2.45) is 17.3 Å². The van der Waals surface area contributed by atoms with E-state index in [4.69, 9.17) is 20.5 Å². The minimum Gasteiger partial charge on any atom is -0.356 e. The molecule has 3 rings (SSSR count). The van der Waals surface area contributed by atoms with Crippen LogP contribution in [0.15, 0.2) is 0 Å². The van der Waals surface area contributed by atoms with Gasteiger partial charge in [0.25, 0.3) is 10.1 Å². The van der Waals surface area contributed by atoms with Crippen LogP contribution in [0.1, 0.15) is 33.6 Å². The smallest absolute Gasteiger partial charge is 0.270 e. The Labute approximate surface area is 113 Å². The Balaban J connectivity index is 1.78. The second kappa shape index (κ2) is 3.84. The van der Waals surface area contributed by atoms with Crippen LogP contribution in [0.4, 0.5) is 0 Å². The number of halogens is 1. The Morgan fingerprint density at radius 3 is 2.61 bits per heavy atom. The topological polar surface area (TPSA) is 52.6 Å². The third-order valence-corrected chi connectivity index (χ3v) is 6.90. The summed E-state index contributed by atoms with van der Waals surface area (Å²) in [6.45, 7) is 6.02. The molecule has 6 atom stereocenters. The maximum Gasteiger partial charge on any atom is 0.270 e. The van der Waals surface area contributed by atoms with Crippen molar-refractivity contribution in [2.45, 2.75) is 56.6 Å². The molecule has 0 spiro atoms. The normalized spacial score (nSPS) is 46.6. The van der Waals surface area contributed by atoms with Crippen molar-refractivity contribution in [2.75, 3.05) is 0 Å². The van der Waals surface area contributed by atoms with Crippen LogP contribution < -0.4 is 0 Å². The molecule has 0 aromatic carbocycles. The third-order valence-electron chi connectivity index (χ3n) is 4.37. The van der Waals surface area contributed by atoms with Gasteiger partial charge in [0.15, 0.2) is 0 Å². The van der Waals surface area contributed by atoms with Gasteiger partial charge in [-0.2, -0.15) is 8.42 Å². The van der Waals surface area contributed by atoms with Crippen molar-refractivity contribution in [1.29, 1.82) is 0 Å². The molecule has 4 nitrogen and oxygen atoms in total. The molecule has 3 aliphatic rings. The molecule has 0 N–H and O–H groups in total. The van der Waals surface area contributed by atoms with E-state index in [-0.39, 0.29) is 34.7 Å². The fourth-order valence-electron chi connectivity index (χ4n) is 3.41. The molecular weight excluding hydrogens is 276 g/mol. The summed E-state index contributed by atoms with van der Waals surface area (Å²) in [6, 6.07) is 0. The maximum atomic E-state index is 11.8. The van der Waals surface area contributed by atoms with Crippen LogP contribution in [0.3, 0.4) is 0 Å². The fraction of sp³-hybridized carbons (Fsp3) is 1.00. The van der Waals surface area contributed by atoms with Gasteiger partial charge in [-0.3, -0.25) is 4.18 Å². The molecular formula is C12H19ClO4S. The second-order valence-electron chi connectivity index (χ2n) is 6.77. The first kappa shape index (κ1) is 13.2. The van der Waals surface area contributed by atoms with E-state index in [2.05, 4.69) is 0 Å². The first-order chi connectivity index (χ1) is 8.20. The lowest BCUT2D eigenvalue weighted by Crippen LogP contribution is -2.40. The van der Waals surface area contributed by atoms with Crippen molar-refractivity contribution in [1.82, 2.24) is 0 Å². The summed E-state index contributed by atoms with van der Waals surface area (Å²) >= 11 is 6.25. The van der Waals surface area contributed by atoms with E-state index < -0.39 is 15.7 Å². The van der Waals surface area contributed by atoms with Gasteiger partial charge in [-0.25, -0.2) is 0 Å². The molecule has 1 heterocycles. The van der Waals surface area contributed by atoms with Gasteiger partial charge in [0.1, 0.15) is 11.7 Å². The van der Waals surface area contributed by atoms with E-state index in [1.807, 2.05) is 20.8 Å². The van der Waals surface area contributed by atoms with Crippen LogP contribution in [-0.2, 0) is 19.0 Å². The predicted octanol–water partition coefficient (Wildman–Crippen LogP) is 2.12. The molecule has 1 aliphatic heterocycles. The van der Waals surface area contributed by atoms with Crippen LogP contribution in [0.5, 0.6) is 0 Å². The number of hydrogen-bond donors (Lipinski definition) is 0. The Hall–Kier alpha value is 0.160. The highest BCUT2D eigenvalue weighted by Crippen LogP contribution is 2.56. The highest BCUT2D eigenvalue weighted by Gasteiger charge is 2.64. The molecule has 0 amide bonds. The lowest BCUT2D eigenvalue weighted by Gasteiger charge is -2.32. The van der Waals surface area contributed by atoms with Gasteiger partial charge in [-0.1, -0.05) is 32.4 Å². The van der Waals surface area contributed by atoms with Crippen molar-refractivity contribution in [3.63, 3.8) is 0 Å². The molecule has 2 bridgehead atoms. The molecule has 0 aromatic heterocycles. The highest BCUT2D eigenvalue weighted by atomic mass is 35.5. The van der Waals surface area contributed by atoms with Crippen molar-refractivity contribution in [3.05, 3.63) is 0 Å². The Morgan fingerprint density at radius 2 is 2.00 bits per heavy atom. The van der Waals surface area contributed by atoms with Gasteiger partial charge in [0, 0.05) is 11.3 Å². The lowest BCUT2D eigenvalue weighted by molar-refractivity contribution is -0.0807. The standard InChI is InChI=1S/C12H19ClO4S/c1-12(2,3)11(13)16-9-6-4-7-8(5-6)18(14,15)17-10(7)9/h6-11H,4-5H2,1-3H3. The van der Waals surface area contributed by atoms with Crippen LogP contribution in [0, 0.1) is 17.3 Å². The first-order valence-electron chi connectivity index (χ1n) is 6.42. The average molecular weight is 295 g/mol. The second-order valence-corrected chi connectivity index (χ2v) is 8.95. The predicted molar refractivity (Wildman–Crippen MR) is 67.8 cm³/mol. The molecule has 2 saturated carbocycles. The van der Waals surface area contributed by atoms with Gasteiger partial charge < -0.3 is 4.74 Å². The monoisotopic (exact) mass is 294 g/mol. The highest BCUT2D eigenvalue weighted by molar-refractivity contribution is 7.87. The summed E-state index contributed by atoms with van der Waals surface area (Å²) in [4.78, 5) is 0. The van der Waals surface area contributed by atoms with Gasteiger partial charge in [-0.15, -0.1) is 0 Å². The average Bonchev–Trinajstić information content (AvgIpc) is 2.80. The molecule has 3 fully saturated rings. The molecule has 2 aliphatic carbocycles. The van der Waals surface area contributed by atoms with Crippen molar-refractivity contribution < 1.29 is 17.3 Å². The van der Waals surface area contributed by atoms with Gasteiger partial charge in [0.05, 0.1) is 11.4 Å². The summed E-state index contributed by atoms with van der Waals surface area (Å²) in [5, 5.41) is -0.296. The summed E-state index contributed by atoms with van der Waals surface area (Å²) in [5.41, 5.74) is -0.590. The van der Waals surface area contributed by atoms with E-state index in [0.29, 0.717) is 6.42 Å². The maximum absolute atomic E-state index is 11.8. The van der Waals surface area contributed by atoms with Gasteiger partial charge in [-0.05, 0) is 18.8 Å². The largest absolute Gasteiger partial charge is 0.356 e. The molecule has 104 valence electrons. The van der Waals surface area contributed by atoms with Crippen LogP contribution in [-0.4, -0.2) is 31.4 Å². The Morgan fingerprint density at radius 1 is 1.33 bits per heavy atom. The summed E-state index contributed by atoms with van der Waals surface area (Å²) in [6.07, 6.45) is 1.10. The summed E-state index contributed by atoms with van der Waals surface area (Å²) < 4.78 is 34.7. The molecule has 0 radical (unpaired) electrons. The van der Waals surface area contributed by atoms with Crippen molar-refractivity contribution >= 4 is 21.7 Å². The van der Waals surface area contributed by atoms with Gasteiger partial charge >= 0.3 is 0 Å². The van der Waals surface area contributed by atoms with Gasteiger partial charge in [0.2, 0.25) is 0 Å². The van der Waals surface area contributed by atoms with E-state index in [1.54, 1.807) is 0 Å². The van der Waals surface area contributed by atoms with Crippen molar-refractivity contribution in [3.8, 4) is 0 Å². The van der Waals surface area contributed by atoms with Crippen LogP contribution in [0.2, 0.25) is 0 Å². The van der Waals surface area contributed by atoms with E-state index in [9.17, 15) is 8.42 Å². The first-order valence-corrected chi connectivity index (χ1v) is 8.32. The minimum absolute atomic E-state index is 0.119. The molecule has 0 aromatic rings. The summed E-state index contributed by atoms with van der Waals surface area (Å²) in [7, 11) is -3.36. The molecule has 6 heteroatoms. The molecule has 18 heavy (non-hydrogen) atoms. The van der Waals surface area contributed by atoms with E-state index in [0.717, 1.165) is 6.42 Å². The number of alkyl halides is 1. The third kappa shape index (κ3) is 1.82. The zero-order valence-corrected chi connectivity index (χ0v) is 12.4. The quantitative estimate of drug-likeness (QED) is 0.578. The Kier molecular flexibility index (Phi) is 2.81. The molecule has 1 saturated heterocycles. The number of hydrogen-bond acceptors (Lipinski definition) is 4. The number of rotatable bonds is 2. The van der Waals surface area contributed by atoms with E-state index >= 15 is 0 Å². The Bertz CT molecular complexity index is 455. The summed E-state index contributed by atoms with van der Waals surface area (Å²) in [5.74, 6) is 0.403. The fourth-order valence-corrected chi connectivity index (χ4v) is 5.41.